The van der Waals surface area contributed by atoms with Gasteiger partial charge in [-0.2, -0.15) is 0 Å². The summed E-state index contributed by atoms with van der Waals surface area (Å²) >= 11 is 5.73. The number of hydrogen-bond acceptors (Lipinski definition) is 0. The third-order valence-electron chi connectivity index (χ3n) is 4.87. The van der Waals surface area contributed by atoms with E-state index in [1.807, 2.05) is 13.0 Å². The fourth-order valence-corrected chi connectivity index (χ4v) is 3.63. The van der Waals surface area contributed by atoms with Crippen molar-refractivity contribution >= 4 is 33.1 Å². The lowest BCUT2D eigenvalue weighted by molar-refractivity contribution is 0.614. The molecule has 0 fully saturated rings. The molecular weight excluding hydrogens is 369 g/mol. The molecule has 0 amide bonds. The standard InChI is InChI=1S/C23H16ClF3/c1-2-3-13-4-7-17-16-8-5-14(15-6-9-20(24)22(26)11-15)10-18(16)21(25)12-19(17)23(13)27/h4-12H,2-3H2,1H3. The number of hydrogen-bond donors (Lipinski definition) is 0. The van der Waals surface area contributed by atoms with Gasteiger partial charge in [0.25, 0.3) is 0 Å². The molecule has 0 aliphatic heterocycles. The summed E-state index contributed by atoms with van der Waals surface area (Å²) in [5, 5.41) is 1.99. The molecule has 0 spiro atoms. The van der Waals surface area contributed by atoms with Crippen molar-refractivity contribution < 1.29 is 13.2 Å². The van der Waals surface area contributed by atoms with Gasteiger partial charge in [-0.15, -0.1) is 0 Å². The van der Waals surface area contributed by atoms with Gasteiger partial charge in [0, 0.05) is 10.8 Å². The fourth-order valence-electron chi connectivity index (χ4n) is 3.51. The predicted molar refractivity (Wildman–Crippen MR) is 106 cm³/mol. The van der Waals surface area contributed by atoms with Crippen LogP contribution in [0.2, 0.25) is 5.02 Å². The first-order chi connectivity index (χ1) is 13.0. The Hall–Kier alpha value is -2.52. The minimum atomic E-state index is -0.529. The summed E-state index contributed by atoms with van der Waals surface area (Å²) in [7, 11) is 0. The van der Waals surface area contributed by atoms with Crippen LogP contribution in [0.25, 0.3) is 32.7 Å². The van der Waals surface area contributed by atoms with Gasteiger partial charge in [0.2, 0.25) is 0 Å². The molecule has 0 nitrogen and oxygen atoms in total. The van der Waals surface area contributed by atoms with E-state index in [9.17, 15) is 13.2 Å². The van der Waals surface area contributed by atoms with Crippen molar-refractivity contribution in [3.63, 3.8) is 0 Å². The summed E-state index contributed by atoms with van der Waals surface area (Å²) in [6, 6.07) is 14.5. The van der Waals surface area contributed by atoms with E-state index >= 15 is 0 Å². The molecule has 4 heteroatoms. The minimum absolute atomic E-state index is 0.0371. The molecule has 4 aromatic carbocycles. The van der Waals surface area contributed by atoms with E-state index in [-0.39, 0.29) is 16.2 Å². The number of fused-ring (bicyclic) bond motifs is 3. The first-order valence-corrected chi connectivity index (χ1v) is 9.16. The maximum absolute atomic E-state index is 14.8. The van der Waals surface area contributed by atoms with E-state index < -0.39 is 11.6 Å². The average Bonchev–Trinajstić information content (AvgIpc) is 2.67. The zero-order chi connectivity index (χ0) is 19.1. The lowest BCUT2D eigenvalue weighted by Gasteiger charge is -2.11. The summed E-state index contributed by atoms with van der Waals surface area (Å²) < 4.78 is 43.3. The van der Waals surface area contributed by atoms with Gasteiger partial charge < -0.3 is 0 Å². The molecule has 0 saturated carbocycles. The quantitative estimate of drug-likeness (QED) is 0.318. The molecule has 0 atom stereocenters. The van der Waals surface area contributed by atoms with E-state index in [0.29, 0.717) is 39.3 Å². The van der Waals surface area contributed by atoms with Gasteiger partial charge in [0.15, 0.2) is 0 Å². The number of rotatable bonds is 3. The average molecular weight is 385 g/mol. The van der Waals surface area contributed by atoms with Crippen LogP contribution in [0.4, 0.5) is 13.2 Å². The van der Waals surface area contributed by atoms with E-state index in [1.165, 1.54) is 18.2 Å². The number of benzene rings is 4. The lowest BCUT2D eigenvalue weighted by Crippen LogP contribution is -1.93. The maximum atomic E-state index is 14.8. The molecule has 136 valence electrons. The van der Waals surface area contributed by atoms with Crippen LogP contribution in [0.3, 0.4) is 0 Å². The second kappa shape index (κ2) is 6.90. The Morgan fingerprint density at radius 1 is 0.704 bits per heavy atom. The van der Waals surface area contributed by atoms with E-state index in [2.05, 4.69) is 0 Å². The van der Waals surface area contributed by atoms with Crippen molar-refractivity contribution in [2.24, 2.45) is 0 Å². The molecule has 0 aliphatic rings. The topological polar surface area (TPSA) is 0 Å². The Bertz CT molecular complexity index is 1180. The molecular formula is C23H16ClF3. The van der Waals surface area contributed by atoms with Crippen molar-refractivity contribution in [3.8, 4) is 11.1 Å². The Morgan fingerprint density at radius 2 is 1.37 bits per heavy atom. The summed E-state index contributed by atoms with van der Waals surface area (Å²) in [6.45, 7) is 1.98. The van der Waals surface area contributed by atoms with Crippen LogP contribution in [-0.2, 0) is 6.42 Å². The highest BCUT2D eigenvalue weighted by atomic mass is 35.5. The Kier molecular flexibility index (Phi) is 4.56. The molecule has 27 heavy (non-hydrogen) atoms. The van der Waals surface area contributed by atoms with Gasteiger partial charge >= 0.3 is 0 Å². The van der Waals surface area contributed by atoms with Crippen LogP contribution in [0.15, 0.2) is 54.6 Å². The molecule has 0 bridgehead atoms. The third-order valence-corrected chi connectivity index (χ3v) is 5.18. The summed E-state index contributed by atoms with van der Waals surface area (Å²) in [4.78, 5) is 0. The molecule has 0 N–H and O–H groups in total. The van der Waals surface area contributed by atoms with Crippen molar-refractivity contribution in [2.45, 2.75) is 19.8 Å². The first-order valence-electron chi connectivity index (χ1n) is 8.78. The first kappa shape index (κ1) is 17.9. The summed E-state index contributed by atoms with van der Waals surface area (Å²) in [6.07, 6.45) is 1.43. The van der Waals surface area contributed by atoms with Crippen LogP contribution in [-0.4, -0.2) is 0 Å². The highest BCUT2D eigenvalue weighted by Gasteiger charge is 2.14. The van der Waals surface area contributed by atoms with Crippen molar-refractivity contribution in [1.82, 2.24) is 0 Å². The van der Waals surface area contributed by atoms with E-state index in [0.717, 1.165) is 6.42 Å². The summed E-state index contributed by atoms with van der Waals surface area (Å²) in [5.74, 6) is -1.39. The van der Waals surface area contributed by atoms with Gasteiger partial charge in [0.1, 0.15) is 17.5 Å². The van der Waals surface area contributed by atoms with Crippen molar-refractivity contribution in [1.29, 1.82) is 0 Å². The van der Waals surface area contributed by atoms with Gasteiger partial charge in [0.05, 0.1) is 5.02 Å². The molecule has 4 aromatic rings. The van der Waals surface area contributed by atoms with Crippen LogP contribution in [0, 0.1) is 17.5 Å². The van der Waals surface area contributed by atoms with Crippen LogP contribution in [0.1, 0.15) is 18.9 Å². The summed E-state index contributed by atoms with van der Waals surface area (Å²) in [5.41, 5.74) is 1.86. The van der Waals surface area contributed by atoms with Crippen molar-refractivity contribution in [2.75, 3.05) is 0 Å². The smallest absolute Gasteiger partial charge is 0.142 e. The van der Waals surface area contributed by atoms with Gasteiger partial charge in [-0.25, -0.2) is 13.2 Å². The van der Waals surface area contributed by atoms with Crippen molar-refractivity contribution in [3.05, 3.63) is 82.6 Å². The minimum Gasteiger partial charge on any atom is -0.206 e. The lowest BCUT2D eigenvalue weighted by atomic mass is 9.95. The molecule has 0 aliphatic carbocycles. The van der Waals surface area contributed by atoms with Gasteiger partial charge in [-0.05, 0) is 58.1 Å². The van der Waals surface area contributed by atoms with Crippen LogP contribution >= 0.6 is 11.6 Å². The second-order valence-electron chi connectivity index (χ2n) is 6.63. The maximum Gasteiger partial charge on any atom is 0.142 e. The van der Waals surface area contributed by atoms with Gasteiger partial charge in [-0.3, -0.25) is 0 Å². The Labute approximate surface area is 160 Å². The number of aryl methyl sites for hydroxylation is 1. The molecule has 4 rings (SSSR count). The zero-order valence-corrected chi connectivity index (χ0v) is 15.4. The highest BCUT2D eigenvalue weighted by Crippen LogP contribution is 2.34. The monoisotopic (exact) mass is 384 g/mol. The van der Waals surface area contributed by atoms with Crippen LogP contribution < -0.4 is 0 Å². The van der Waals surface area contributed by atoms with Crippen LogP contribution in [0.5, 0.6) is 0 Å². The Balaban J connectivity index is 1.94. The Morgan fingerprint density at radius 3 is 2.11 bits per heavy atom. The SMILES string of the molecule is CCCc1ccc2c(cc(F)c3cc(-c4ccc(Cl)c(F)c4)ccc32)c1F. The van der Waals surface area contributed by atoms with Gasteiger partial charge in [-0.1, -0.05) is 55.3 Å². The highest BCUT2D eigenvalue weighted by molar-refractivity contribution is 6.30. The van der Waals surface area contributed by atoms with E-state index in [1.54, 1.807) is 30.3 Å². The predicted octanol–water partition coefficient (Wildman–Crippen LogP) is 7.68. The molecule has 0 saturated heterocycles. The molecule has 0 heterocycles. The zero-order valence-electron chi connectivity index (χ0n) is 14.6. The third kappa shape index (κ3) is 3.06. The number of halogens is 4. The van der Waals surface area contributed by atoms with E-state index in [4.69, 9.17) is 11.6 Å². The molecule has 0 unspecified atom stereocenters. The fraction of sp³-hybridized carbons (Fsp3) is 0.130. The molecule has 0 aromatic heterocycles. The second-order valence-corrected chi connectivity index (χ2v) is 7.04. The molecule has 0 radical (unpaired) electrons. The normalized spacial score (nSPS) is 11.4. The largest absolute Gasteiger partial charge is 0.206 e.